The second-order valence-corrected chi connectivity index (χ2v) is 6.49. The van der Waals surface area contributed by atoms with Crippen LogP contribution in [-0.4, -0.2) is 13.4 Å². The van der Waals surface area contributed by atoms with Gasteiger partial charge in [-0.2, -0.15) is 0 Å². The standard InChI is InChI=1S/C12H10N2O2S2/c15-18(16,14-12-13-6-7-17-12)11-5-4-9-2-1-3-10(9)8-11/h1,3-8H,2H2,(H,13,14). The molecule has 1 N–H and O–H groups in total. The third-order valence-electron chi connectivity index (χ3n) is 2.72. The lowest BCUT2D eigenvalue weighted by molar-refractivity contribution is 0.601. The van der Waals surface area contributed by atoms with Crippen molar-refractivity contribution in [2.45, 2.75) is 11.3 Å². The van der Waals surface area contributed by atoms with Crippen LogP contribution in [0.3, 0.4) is 0 Å². The Balaban J connectivity index is 1.96. The van der Waals surface area contributed by atoms with Crippen molar-refractivity contribution in [2.75, 3.05) is 4.72 Å². The maximum atomic E-state index is 12.1. The van der Waals surface area contributed by atoms with Gasteiger partial charge in [-0.05, 0) is 29.7 Å². The Morgan fingerprint density at radius 2 is 2.22 bits per heavy atom. The summed E-state index contributed by atoms with van der Waals surface area (Å²) in [5.74, 6) is 0. The van der Waals surface area contributed by atoms with Crippen molar-refractivity contribution in [3.63, 3.8) is 0 Å². The number of anilines is 1. The first-order valence-electron chi connectivity index (χ1n) is 5.37. The largest absolute Gasteiger partial charge is 0.263 e. The van der Waals surface area contributed by atoms with Crippen molar-refractivity contribution in [3.8, 4) is 0 Å². The molecule has 0 bridgehead atoms. The fourth-order valence-corrected chi connectivity index (χ4v) is 3.67. The summed E-state index contributed by atoms with van der Waals surface area (Å²) in [5, 5.41) is 2.11. The molecule has 4 nitrogen and oxygen atoms in total. The van der Waals surface area contributed by atoms with Gasteiger partial charge < -0.3 is 0 Å². The molecule has 0 spiro atoms. The first-order chi connectivity index (χ1) is 8.65. The lowest BCUT2D eigenvalue weighted by Crippen LogP contribution is -2.12. The van der Waals surface area contributed by atoms with Crippen LogP contribution in [0.5, 0.6) is 0 Å². The van der Waals surface area contributed by atoms with Crippen LogP contribution in [-0.2, 0) is 16.4 Å². The number of thiazole rings is 1. The molecule has 3 rings (SSSR count). The Morgan fingerprint density at radius 3 is 3.00 bits per heavy atom. The molecule has 0 atom stereocenters. The number of rotatable bonds is 3. The predicted octanol–water partition coefficient (Wildman–Crippen LogP) is 2.51. The van der Waals surface area contributed by atoms with E-state index in [2.05, 4.69) is 9.71 Å². The highest BCUT2D eigenvalue weighted by atomic mass is 32.2. The molecule has 0 fully saturated rings. The molecule has 1 aromatic carbocycles. The van der Waals surface area contributed by atoms with E-state index in [1.54, 1.807) is 23.7 Å². The van der Waals surface area contributed by atoms with Gasteiger partial charge in [-0.3, -0.25) is 4.72 Å². The highest BCUT2D eigenvalue weighted by molar-refractivity contribution is 7.93. The minimum Gasteiger partial charge on any atom is -0.255 e. The van der Waals surface area contributed by atoms with E-state index >= 15 is 0 Å². The first-order valence-corrected chi connectivity index (χ1v) is 7.73. The highest BCUT2D eigenvalue weighted by Gasteiger charge is 2.17. The zero-order valence-electron chi connectivity index (χ0n) is 9.33. The number of hydrogen-bond acceptors (Lipinski definition) is 4. The summed E-state index contributed by atoms with van der Waals surface area (Å²) in [6.45, 7) is 0. The molecule has 92 valence electrons. The van der Waals surface area contributed by atoms with Gasteiger partial charge in [-0.25, -0.2) is 13.4 Å². The number of nitrogens with one attached hydrogen (secondary N) is 1. The zero-order valence-corrected chi connectivity index (χ0v) is 11.0. The van der Waals surface area contributed by atoms with E-state index in [4.69, 9.17) is 0 Å². The Labute approximate surface area is 109 Å². The van der Waals surface area contributed by atoms with Crippen LogP contribution in [0.2, 0.25) is 0 Å². The van der Waals surface area contributed by atoms with Gasteiger partial charge in [-0.1, -0.05) is 18.2 Å². The Morgan fingerprint density at radius 1 is 1.33 bits per heavy atom. The van der Waals surface area contributed by atoms with Gasteiger partial charge in [0.1, 0.15) is 0 Å². The van der Waals surface area contributed by atoms with Crippen molar-refractivity contribution < 1.29 is 8.42 Å². The van der Waals surface area contributed by atoms with Crippen LogP contribution >= 0.6 is 11.3 Å². The third-order valence-corrected chi connectivity index (χ3v) is 4.87. The van der Waals surface area contributed by atoms with E-state index in [1.807, 2.05) is 18.2 Å². The minimum absolute atomic E-state index is 0.267. The van der Waals surface area contributed by atoms with Crippen LogP contribution in [0.1, 0.15) is 11.1 Å². The molecular formula is C12H10N2O2S2. The summed E-state index contributed by atoms with van der Waals surface area (Å²) in [4.78, 5) is 4.18. The topological polar surface area (TPSA) is 59.1 Å². The lowest BCUT2D eigenvalue weighted by Gasteiger charge is -2.07. The number of nitrogens with zero attached hydrogens (tertiary/aromatic N) is 1. The maximum Gasteiger partial charge on any atom is 0.263 e. The molecule has 1 heterocycles. The van der Waals surface area contributed by atoms with E-state index in [1.165, 1.54) is 11.3 Å². The normalized spacial score (nSPS) is 13.6. The van der Waals surface area contributed by atoms with Crippen LogP contribution in [0.4, 0.5) is 5.13 Å². The monoisotopic (exact) mass is 278 g/mol. The van der Waals surface area contributed by atoms with Crippen molar-refractivity contribution in [2.24, 2.45) is 0 Å². The number of fused-ring (bicyclic) bond motifs is 1. The molecule has 0 saturated heterocycles. The fourth-order valence-electron chi connectivity index (χ4n) is 1.84. The summed E-state index contributed by atoms with van der Waals surface area (Å²) < 4.78 is 26.7. The summed E-state index contributed by atoms with van der Waals surface area (Å²) in [6.07, 6.45) is 6.40. The van der Waals surface area contributed by atoms with Crippen molar-refractivity contribution in [1.82, 2.24) is 4.98 Å². The van der Waals surface area contributed by atoms with E-state index in [9.17, 15) is 8.42 Å². The smallest absolute Gasteiger partial charge is 0.255 e. The number of sulfonamides is 1. The Kier molecular flexibility index (Phi) is 2.68. The third kappa shape index (κ3) is 2.04. The molecule has 1 aliphatic carbocycles. The van der Waals surface area contributed by atoms with Gasteiger partial charge in [0.25, 0.3) is 10.0 Å². The Hall–Kier alpha value is -1.66. The molecule has 2 aromatic rings. The van der Waals surface area contributed by atoms with Gasteiger partial charge in [0.05, 0.1) is 4.90 Å². The summed E-state index contributed by atoms with van der Waals surface area (Å²) in [7, 11) is -3.54. The van der Waals surface area contributed by atoms with Crippen molar-refractivity contribution in [3.05, 3.63) is 47.0 Å². The van der Waals surface area contributed by atoms with E-state index in [0.29, 0.717) is 5.13 Å². The number of aromatic nitrogens is 1. The van der Waals surface area contributed by atoms with E-state index in [0.717, 1.165) is 17.5 Å². The minimum atomic E-state index is -3.54. The molecular weight excluding hydrogens is 268 g/mol. The average Bonchev–Trinajstić information content (AvgIpc) is 2.97. The molecule has 0 amide bonds. The summed E-state index contributed by atoms with van der Waals surface area (Å²) in [6, 6.07) is 5.17. The quantitative estimate of drug-likeness (QED) is 0.938. The molecule has 0 radical (unpaired) electrons. The molecule has 1 aliphatic rings. The highest BCUT2D eigenvalue weighted by Crippen LogP contribution is 2.24. The van der Waals surface area contributed by atoms with Crippen molar-refractivity contribution >= 4 is 32.6 Å². The van der Waals surface area contributed by atoms with Gasteiger partial charge >= 0.3 is 0 Å². The number of hydrogen-bond donors (Lipinski definition) is 1. The second kappa shape index (κ2) is 4.22. The predicted molar refractivity (Wildman–Crippen MR) is 72.1 cm³/mol. The van der Waals surface area contributed by atoms with Crippen LogP contribution in [0.15, 0.2) is 40.7 Å². The van der Waals surface area contributed by atoms with Crippen LogP contribution in [0.25, 0.3) is 6.08 Å². The number of benzene rings is 1. The SMILES string of the molecule is O=S(=O)(Nc1nccs1)c1ccc2c(c1)C=CC2. The summed E-state index contributed by atoms with van der Waals surface area (Å²) in [5.41, 5.74) is 2.13. The Bertz CT molecular complexity index is 704. The van der Waals surface area contributed by atoms with Gasteiger partial charge in [-0.15, -0.1) is 11.3 Å². The van der Waals surface area contributed by atoms with E-state index < -0.39 is 10.0 Å². The number of allylic oxidation sites excluding steroid dienone is 1. The summed E-state index contributed by atoms with van der Waals surface area (Å²) >= 11 is 1.25. The van der Waals surface area contributed by atoms with Gasteiger partial charge in [0.15, 0.2) is 5.13 Å². The first kappa shape index (κ1) is 11.4. The molecule has 0 aliphatic heterocycles. The lowest BCUT2D eigenvalue weighted by atomic mass is 10.1. The van der Waals surface area contributed by atoms with Gasteiger partial charge in [0.2, 0.25) is 0 Å². The maximum absolute atomic E-state index is 12.1. The second-order valence-electron chi connectivity index (χ2n) is 3.91. The van der Waals surface area contributed by atoms with Crippen LogP contribution in [0, 0.1) is 0 Å². The molecule has 1 aromatic heterocycles. The molecule has 18 heavy (non-hydrogen) atoms. The van der Waals surface area contributed by atoms with Crippen LogP contribution < -0.4 is 4.72 Å². The van der Waals surface area contributed by atoms with Gasteiger partial charge in [0, 0.05) is 11.6 Å². The van der Waals surface area contributed by atoms with Crippen molar-refractivity contribution in [1.29, 1.82) is 0 Å². The molecule has 0 unspecified atom stereocenters. The molecule has 6 heteroatoms. The fraction of sp³-hybridized carbons (Fsp3) is 0.0833. The van der Waals surface area contributed by atoms with E-state index in [-0.39, 0.29) is 4.90 Å². The average molecular weight is 278 g/mol. The molecule has 0 saturated carbocycles. The zero-order chi connectivity index (χ0) is 12.6.